The van der Waals surface area contributed by atoms with Crippen LogP contribution in [0.5, 0.6) is 5.75 Å². The lowest BCUT2D eigenvalue weighted by Gasteiger charge is -2.16. The Morgan fingerprint density at radius 3 is 2.90 bits per heavy atom. The fourth-order valence-corrected chi connectivity index (χ4v) is 3.90. The predicted molar refractivity (Wildman–Crippen MR) is 115 cm³/mol. The largest absolute Gasteiger partial charge is 0.492 e. The van der Waals surface area contributed by atoms with E-state index in [1.807, 2.05) is 48.5 Å². The molecule has 31 heavy (non-hydrogen) atoms. The molecule has 0 radical (unpaired) electrons. The first kappa shape index (κ1) is 19.2. The molecule has 2 aliphatic rings. The summed E-state index contributed by atoms with van der Waals surface area (Å²) in [6.07, 6.45) is -0.109. The minimum Gasteiger partial charge on any atom is -0.492 e. The summed E-state index contributed by atoms with van der Waals surface area (Å²) in [5.41, 5.74) is 4.50. The van der Waals surface area contributed by atoms with Crippen LogP contribution in [0.1, 0.15) is 12.6 Å². The smallest absolute Gasteiger partial charge is 0.414 e. The highest BCUT2D eigenvalue weighted by Crippen LogP contribution is 2.38. The number of aromatic nitrogens is 2. The number of amides is 2. The van der Waals surface area contributed by atoms with E-state index >= 15 is 0 Å². The monoisotopic (exact) mass is 418 g/mol. The van der Waals surface area contributed by atoms with E-state index in [-0.39, 0.29) is 18.6 Å². The SMILES string of the molecule is CC(=O)NC[C@H]1CN(c2ccc3c(c2)OCCc2[nH]c(-c4ccccc4)nc2-3)C(=O)O1. The number of nitrogens with one attached hydrogen (secondary N) is 2. The Bertz CT molecular complexity index is 1140. The van der Waals surface area contributed by atoms with Crippen molar-refractivity contribution < 1.29 is 19.1 Å². The van der Waals surface area contributed by atoms with Crippen molar-refractivity contribution in [3.63, 3.8) is 0 Å². The molecule has 0 unspecified atom stereocenters. The highest BCUT2D eigenvalue weighted by molar-refractivity contribution is 5.91. The van der Waals surface area contributed by atoms with Gasteiger partial charge in [-0.1, -0.05) is 30.3 Å². The molecule has 1 fully saturated rings. The molecular formula is C23H22N4O4. The number of cyclic esters (lactones) is 1. The second-order valence-corrected chi connectivity index (χ2v) is 7.61. The van der Waals surface area contributed by atoms with Crippen LogP contribution in [-0.4, -0.2) is 47.8 Å². The van der Waals surface area contributed by atoms with Gasteiger partial charge in [0.1, 0.15) is 17.7 Å². The molecular weight excluding hydrogens is 396 g/mol. The van der Waals surface area contributed by atoms with Crippen molar-refractivity contribution in [1.82, 2.24) is 15.3 Å². The maximum absolute atomic E-state index is 12.4. The summed E-state index contributed by atoms with van der Waals surface area (Å²) in [6, 6.07) is 15.6. The highest BCUT2D eigenvalue weighted by Gasteiger charge is 2.33. The molecule has 8 nitrogen and oxygen atoms in total. The van der Waals surface area contributed by atoms with Crippen molar-refractivity contribution in [2.75, 3.05) is 24.6 Å². The van der Waals surface area contributed by atoms with Crippen molar-refractivity contribution in [2.45, 2.75) is 19.4 Å². The lowest BCUT2D eigenvalue weighted by atomic mass is 10.1. The van der Waals surface area contributed by atoms with Crippen molar-refractivity contribution in [1.29, 1.82) is 0 Å². The van der Waals surface area contributed by atoms with E-state index in [2.05, 4.69) is 10.3 Å². The van der Waals surface area contributed by atoms with Crippen LogP contribution in [0.3, 0.4) is 0 Å². The summed E-state index contributed by atoms with van der Waals surface area (Å²) in [6.45, 7) is 2.60. The normalized spacial score (nSPS) is 17.3. The maximum Gasteiger partial charge on any atom is 0.414 e. The second kappa shape index (κ2) is 7.79. The molecule has 2 N–H and O–H groups in total. The van der Waals surface area contributed by atoms with Gasteiger partial charge in [0.05, 0.1) is 31.1 Å². The van der Waals surface area contributed by atoms with E-state index in [0.717, 1.165) is 28.3 Å². The third-order valence-electron chi connectivity index (χ3n) is 5.42. The number of anilines is 1. The molecule has 158 valence electrons. The van der Waals surface area contributed by atoms with Gasteiger partial charge in [-0.25, -0.2) is 9.78 Å². The van der Waals surface area contributed by atoms with E-state index in [4.69, 9.17) is 14.5 Å². The standard InChI is InChI=1S/C23H22N4O4/c1-14(28)24-12-17-13-27(23(29)31-17)16-7-8-18-20(11-16)30-10-9-19-21(18)26-22(25-19)15-5-3-2-4-6-15/h2-8,11,17H,9-10,12-13H2,1H3,(H,24,28)(H,25,26)/t17-/m0/s1. The summed E-state index contributed by atoms with van der Waals surface area (Å²) in [4.78, 5) is 33.3. The number of rotatable bonds is 4. The molecule has 3 heterocycles. The molecule has 3 aromatic rings. The van der Waals surface area contributed by atoms with Crippen molar-refractivity contribution in [3.05, 3.63) is 54.2 Å². The van der Waals surface area contributed by atoms with Gasteiger partial charge in [-0.15, -0.1) is 0 Å². The fourth-order valence-electron chi connectivity index (χ4n) is 3.90. The van der Waals surface area contributed by atoms with Crippen molar-refractivity contribution >= 4 is 17.7 Å². The number of H-pyrrole nitrogens is 1. The lowest BCUT2D eigenvalue weighted by molar-refractivity contribution is -0.119. The molecule has 2 aromatic carbocycles. The number of nitrogens with zero attached hydrogens (tertiary/aromatic N) is 2. The number of imidazole rings is 1. The van der Waals surface area contributed by atoms with Crippen molar-refractivity contribution in [2.24, 2.45) is 0 Å². The van der Waals surface area contributed by atoms with Gasteiger partial charge in [-0.2, -0.15) is 0 Å². The molecule has 0 bridgehead atoms. The highest BCUT2D eigenvalue weighted by atomic mass is 16.6. The molecule has 2 amide bonds. The summed E-state index contributed by atoms with van der Waals surface area (Å²) < 4.78 is 11.4. The molecule has 8 heteroatoms. The zero-order chi connectivity index (χ0) is 21.4. The molecule has 2 aliphatic heterocycles. The van der Waals surface area contributed by atoms with E-state index in [1.165, 1.54) is 6.92 Å². The fraction of sp³-hybridized carbons (Fsp3) is 0.261. The predicted octanol–water partition coefficient (Wildman–Crippen LogP) is 3.14. The van der Waals surface area contributed by atoms with E-state index in [0.29, 0.717) is 31.0 Å². The number of carbonyl (C=O) groups excluding carboxylic acids is 2. The first-order chi connectivity index (χ1) is 15.1. The van der Waals surface area contributed by atoms with Gasteiger partial charge in [0.2, 0.25) is 5.91 Å². The van der Waals surface area contributed by atoms with Gasteiger partial charge >= 0.3 is 6.09 Å². The van der Waals surface area contributed by atoms with Crippen LogP contribution < -0.4 is 15.0 Å². The van der Waals surface area contributed by atoms with Gasteiger partial charge in [0.25, 0.3) is 0 Å². The van der Waals surface area contributed by atoms with Crippen LogP contribution in [0.4, 0.5) is 10.5 Å². The molecule has 1 aromatic heterocycles. The zero-order valence-electron chi connectivity index (χ0n) is 17.1. The van der Waals surface area contributed by atoms with Gasteiger partial charge in [-0.05, 0) is 12.1 Å². The van der Waals surface area contributed by atoms with Crippen LogP contribution >= 0.6 is 0 Å². The number of fused-ring (bicyclic) bond motifs is 3. The Morgan fingerprint density at radius 2 is 2.10 bits per heavy atom. The van der Waals surface area contributed by atoms with Crippen LogP contribution in [0.15, 0.2) is 48.5 Å². The van der Waals surface area contributed by atoms with Gasteiger partial charge in [-0.3, -0.25) is 9.69 Å². The third-order valence-corrected chi connectivity index (χ3v) is 5.42. The Labute approximate surface area is 179 Å². The number of aromatic amines is 1. The molecule has 1 atom stereocenters. The van der Waals surface area contributed by atoms with E-state index < -0.39 is 6.09 Å². The molecule has 0 aliphatic carbocycles. The van der Waals surface area contributed by atoms with E-state index in [1.54, 1.807) is 4.90 Å². The summed E-state index contributed by atoms with van der Waals surface area (Å²) in [5.74, 6) is 1.35. The Balaban J connectivity index is 1.43. The molecule has 5 rings (SSSR count). The van der Waals surface area contributed by atoms with Crippen LogP contribution in [0, 0.1) is 0 Å². The number of hydrogen-bond donors (Lipinski definition) is 2. The molecule has 1 saturated heterocycles. The van der Waals surface area contributed by atoms with Crippen LogP contribution in [0.2, 0.25) is 0 Å². The van der Waals surface area contributed by atoms with Crippen molar-refractivity contribution in [3.8, 4) is 28.4 Å². The minimum atomic E-state index is -0.434. The number of hydrogen-bond acceptors (Lipinski definition) is 5. The lowest BCUT2D eigenvalue weighted by Crippen LogP contribution is -2.33. The first-order valence-electron chi connectivity index (χ1n) is 10.2. The molecule has 0 spiro atoms. The summed E-state index contributed by atoms with van der Waals surface area (Å²) in [7, 11) is 0. The van der Waals surface area contributed by atoms with Crippen LogP contribution in [-0.2, 0) is 16.0 Å². The minimum absolute atomic E-state index is 0.155. The average Bonchev–Trinajstić information content (AvgIpc) is 3.32. The first-order valence-corrected chi connectivity index (χ1v) is 10.2. The Morgan fingerprint density at radius 1 is 1.26 bits per heavy atom. The molecule has 0 saturated carbocycles. The average molecular weight is 418 g/mol. The summed E-state index contributed by atoms with van der Waals surface area (Å²) in [5, 5.41) is 2.69. The maximum atomic E-state index is 12.4. The topological polar surface area (TPSA) is 96.5 Å². The Hall–Kier alpha value is -3.81. The Kier molecular flexibility index (Phi) is 4.82. The van der Waals surface area contributed by atoms with Gasteiger partial charge < -0.3 is 19.8 Å². The van der Waals surface area contributed by atoms with Gasteiger partial charge in [0.15, 0.2) is 0 Å². The zero-order valence-corrected chi connectivity index (χ0v) is 17.1. The number of carbonyl (C=O) groups is 2. The second-order valence-electron chi connectivity index (χ2n) is 7.61. The van der Waals surface area contributed by atoms with Crippen LogP contribution in [0.25, 0.3) is 22.6 Å². The van der Waals surface area contributed by atoms with E-state index in [9.17, 15) is 9.59 Å². The summed E-state index contributed by atoms with van der Waals surface area (Å²) >= 11 is 0. The van der Waals surface area contributed by atoms with Gasteiger partial charge in [0, 0.05) is 36.2 Å². The number of ether oxygens (including phenoxy) is 2. The quantitative estimate of drug-likeness (QED) is 0.679. The number of benzene rings is 2. The third kappa shape index (κ3) is 3.72.